The summed E-state index contributed by atoms with van der Waals surface area (Å²) in [6, 6.07) is 5.50. The number of nitrogens with one attached hydrogen (secondary N) is 1. The minimum absolute atomic E-state index is 0.383. The Bertz CT molecular complexity index is 751. The van der Waals surface area contributed by atoms with Gasteiger partial charge in [0.05, 0.1) is 11.4 Å². The molecular weight excluding hydrogens is 316 g/mol. The van der Waals surface area contributed by atoms with E-state index < -0.39 is 21.7 Å². The number of carbonyl (C=O) groups excluding carboxylic acids is 1. The number of rotatable bonds is 2. The van der Waals surface area contributed by atoms with Crippen LogP contribution in [0.4, 0.5) is 4.79 Å². The molecule has 23 heavy (non-hydrogen) atoms. The third kappa shape index (κ3) is 2.52. The lowest BCUT2D eigenvalue weighted by Crippen LogP contribution is -2.48. The summed E-state index contributed by atoms with van der Waals surface area (Å²) in [5.41, 5.74) is 1.90. The maximum Gasteiger partial charge on any atom is 0.407 e. The first-order chi connectivity index (χ1) is 11.0. The molecule has 0 aromatic heterocycles. The Labute approximate surface area is 135 Å². The van der Waals surface area contributed by atoms with Gasteiger partial charge in [-0.3, -0.25) is 0 Å². The first kappa shape index (κ1) is 15.0. The Hall–Kier alpha value is -1.60. The van der Waals surface area contributed by atoms with Crippen LogP contribution < -0.4 is 5.32 Å². The number of benzene rings is 1. The summed E-state index contributed by atoms with van der Waals surface area (Å²) in [7, 11) is -3.47. The van der Waals surface area contributed by atoms with E-state index in [0.29, 0.717) is 37.4 Å². The molecule has 2 heterocycles. The van der Waals surface area contributed by atoms with Gasteiger partial charge in [0.1, 0.15) is 5.60 Å². The van der Waals surface area contributed by atoms with Crippen molar-refractivity contribution in [3.8, 4) is 0 Å². The van der Waals surface area contributed by atoms with Gasteiger partial charge in [0.25, 0.3) is 0 Å². The van der Waals surface area contributed by atoms with E-state index in [9.17, 15) is 13.2 Å². The van der Waals surface area contributed by atoms with Crippen molar-refractivity contribution in [1.82, 2.24) is 9.62 Å². The molecule has 2 saturated heterocycles. The number of nitrogens with zero attached hydrogens (tertiary/aromatic N) is 1. The lowest BCUT2D eigenvalue weighted by molar-refractivity contribution is 0.0173. The molecule has 0 saturated carbocycles. The maximum absolute atomic E-state index is 12.9. The number of carbonyl (C=O) groups is 1. The first-order valence-electron chi connectivity index (χ1n) is 8.07. The van der Waals surface area contributed by atoms with E-state index >= 15 is 0 Å². The largest absolute Gasteiger partial charge is 0.441 e. The van der Waals surface area contributed by atoms with Gasteiger partial charge >= 0.3 is 6.09 Å². The van der Waals surface area contributed by atoms with Crippen LogP contribution in [0, 0.1) is 0 Å². The van der Waals surface area contributed by atoms with Crippen LogP contribution in [0.5, 0.6) is 0 Å². The normalized spacial score (nSPS) is 23.6. The lowest BCUT2D eigenvalue weighted by Gasteiger charge is -2.36. The van der Waals surface area contributed by atoms with E-state index in [1.54, 1.807) is 6.07 Å². The molecule has 4 rings (SSSR count). The van der Waals surface area contributed by atoms with Crippen LogP contribution in [-0.4, -0.2) is 44.1 Å². The Morgan fingerprint density at radius 1 is 1.13 bits per heavy atom. The van der Waals surface area contributed by atoms with Gasteiger partial charge in [-0.15, -0.1) is 0 Å². The van der Waals surface area contributed by atoms with Crippen molar-refractivity contribution in [2.24, 2.45) is 0 Å². The van der Waals surface area contributed by atoms with Crippen LogP contribution in [0.3, 0.4) is 0 Å². The van der Waals surface area contributed by atoms with Crippen molar-refractivity contribution in [3.05, 3.63) is 29.3 Å². The first-order valence-corrected chi connectivity index (χ1v) is 9.51. The molecule has 1 aromatic rings. The number of fused-ring (bicyclic) bond motifs is 1. The molecule has 2 aliphatic heterocycles. The average Bonchev–Trinajstić information content (AvgIpc) is 3.14. The maximum atomic E-state index is 12.9. The second-order valence-electron chi connectivity index (χ2n) is 6.61. The van der Waals surface area contributed by atoms with Crippen molar-refractivity contribution in [2.75, 3.05) is 19.6 Å². The van der Waals surface area contributed by atoms with E-state index in [1.807, 2.05) is 12.1 Å². The molecule has 0 radical (unpaired) electrons. The molecule has 124 valence electrons. The highest BCUT2D eigenvalue weighted by molar-refractivity contribution is 7.89. The van der Waals surface area contributed by atoms with Crippen LogP contribution in [0.15, 0.2) is 23.1 Å². The molecule has 7 heteroatoms. The molecule has 1 aliphatic carbocycles. The van der Waals surface area contributed by atoms with Crippen LogP contribution in [0.25, 0.3) is 0 Å². The molecule has 6 nitrogen and oxygen atoms in total. The summed E-state index contributed by atoms with van der Waals surface area (Å²) in [5, 5.41) is 2.66. The number of piperidine rings is 1. The quantitative estimate of drug-likeness (QED) is 0.887. The molecule has 1 amide bonds. The minimum Gasteiger partial charge on any atom is -0.441 e. The number of ether oxygens (including phenoxy) is 1. The van der Waals surface area contributed by atoms with Crippen molar-refractivity contribution >= 4 is 16.1 Å². The number of sulfonamides is 1. The summed E-state index contributed by atoms with van der Waals surface area (Å²) in [6.45, 7) is 1.24. The van der Waals surface area contributed by atoms with E-state index in [-0.39, 0.29) is 0 Å². The van der Waals surface area contributed by atoms with Gasteiger partial charge in [-0.05, 0) is 42.5 Å². The Balaban J connectivity index is 1.53. The second-order valence-corrected chi connectivity index (χ2v) is 8.55. The summed E-state index contributed by atoms with van der Waals surface area (Å²) >= 11 is 0. The number of amides is 1. The molecule has 0 atom stereocenters. The molecule has 2 fully saturated rings. The van der Waals surface area contributed by atoms with Crippen molar-refractivity contribution < 1.29 is 17.9 Å². The molecular formula is C16H20N2O4S. The van der Waals surface area contributed by atoms with Crippen molar-refractivity contribution in [3.63, 3.8) is 0 Å². The van der Waals surface area contributed by atoms with E-state index in [0.717, 1.165) is 24.8 Å². The molecule has 0 bridgehead atoms. The molecule has 1 spiro atoms. The van der Waals surface area contributed by atoms with Gasteiger partial charge in [0.2, 0.25) is 10.0 Å². The molecule has 3 aliphatic rings. The third-order valence-electron chi connectivity index (χ3n) is 5.21. The predicted molar refractivity (Wildman–Crippen MR) is 83.7 cm³/mol. The third-order valence-corrected chi connectivity index (χ3v) is 7.10. The Morgan fingerprint density at radius 3 is 2.57 bits per heavy atom. The standard InChI is InChI=1S/C16H20N2O4S/c19-15-17-11-16(22-15)6-8-18(9-7-16)23(20,21)14-5-4-12-2-1-3-13(12)10-14/h4-5,10H,1-3,6-9,11H2,(H,17,19). The van der Waals surface area contributed by atoms with Crippen molar-refractivity contribution in [2.45, 2.75) is 42.6 Å². The fourth-order valence-electron chi connectivity index (χ4n) is 3.77. The highest BCUT2D eigenvalue weighted by Crippen LogP contribution is 2.32. The molecule has 1 N–H and O–H groups in total. The number of hydrogen-bond acceptors (Lipinski definition) is 4. The summed E-state index contributed by atoms with van der Waals surface area (Å²) in [5.74, 6) is 0. The summed E-state index contributed by atoms with van der Waals surface area (Å²) in [6.07, 6.45) is 3.78. The number of aryl methyl sites for hydroxylation is 2. The smallest absolute Gasteiger partial charge is 0.407 e. The molecule has 1 aromatic carbocycles. The highest BCUT2D eigenvalue weighted by Gasteiger charge is 2.45. The van der Waals surface area contributed by atoms with Crippen LogP contribution in [0.1, 0.15) is 30.4 Å². The van der Waals surface area contributed by atoms with Crippen LogP contribution in [-0.2, 0) is 27.6 Å². The van der Waals surface area contributed by atoms with Gasteiger partial charge in [-0.1, -0.05) is 6.07 Å². The number of hydrogen-bond donors (Lipinski definition) is 1. The van der Waals surface area contributed by atoms with Gasteiger partial charge in [-0.2, -0.15) is 4.31 Å². The average molecular weight is 336 g/mol. The van der Waals surface area contributed by atoms with Gasteiger partial charge in [0, 0.05) is 25.9 Å². The van der Waals surface area contributed by atoms with Crippen LogP contribution >= 0.6 is 0 Å². The minimum atomic E-state index is -3.47. The van der Waals surface area contributed by atoms with Gasteiger partial charge in [-0.25, -0.2) is 13.2 Å². The fraction of sp³-hybridized carbons (Fsp3) is 0.562. The Morgan fingerprint density at radius 2 is 1.87 bits per heavy atom. The Kier molecular flexibility index (Phi) is 3.39. The van der Waals surface area contributed by atoms with E-state index in [4.69, 9.17) is 4.74 Å². The summed E-state index contributed by atoms with van der Waals surface area (Å²) < 4.78 is 32.6. The van der Waals surface area contributed by atoms with E-state index in [2.05, 4.69) is 5.32 Å². The number of alkyl carbamates (subject to hydrolysis) is 1. The van der Waals surface area contributed by atoms with Crippen molar-refractivity contribution in [1.29, 1.82) is 0 Å². The monoisotopic (exact) mass is 336 g/mol. The summed E-state index contributed by atoms with van der Waals surface area (Å²) in [4.78, 5) is 11.6. The zero-order valence-corrected chi connectivity index (χ0v) is 13.7. The lowest BCUT2D eigenvalue weighted by atomic mass is 9.93. The molecule has 0 unspecified atom stereocenters. The van der Waals surface area contributed by atoms with Gasteiger partial charge < -0.3 is 10.1 Å². The fourth-order valence-corrected chi connectivity index (χ4v) is 5.27. The SMILES string of the molecule is O=C1NCC2(CCN(S(=O)(=O)c3ccc4c(c3)CCC4)CC2)O1. The zero-order valence-electron chi connectivity index (χ0n) is 12.9. The van der Waals surface area contributed by atoms with Gasteiger partial charge in [0.15, 0.2) is 0 Å². The van der Waals surface area contributed by atoms with E-state index in [1.165, 1.54) is 9.87 Å². The highest BCUT2D eigenvalue weighted by atomic mass is 32.2. The van der Waals surface area contributed by atoms with Crippen LogP contribution in [0.2, 0.25) is 0 Å². The topological polar surface area (TPSA) is 75.7 Å². The zero-order chi connectivity index (χ0) is 16.1. The second kappa shape index (κ2) is 5.21. The predicted octanol–water partition coefficient (Wildman–Crippen LogP) is 1.44.